The molecule has 1 aliphatic heterocycles. The van der Waals surface area contributed by atoms with Crippen molar-refractivity contribution >= 4 is 29.1 Å². The van der Waals surface area contributed by atoms with E-state index in [0.717, 1.165) is 24.3 Å². The molecule has 8 nitrogen and oxygen atoms in total. The lowest BCUT2D eigenvalue weighted by Gasteiger charge is -2.31. The topological polar surface area (TPSA) is 117 Å². The van der Waals surface area contributed by atoms with Crippen LogP contribution in [0.15, 0.2) is 79.0 Å². The summed E-state index contributed by atoms with van der Waals surface area (Å²) in [6.07, 6.45) is 1.43. The number of para-hydroxylation sites is 2. The van der Waals surface area contributed by atoms with Gasteiger partial charge in [-0.05, 0) is 60.0 Å². The maximum atomic E-state index is 14.2. The van der Waals surface area contributed by atoms with E-state index in [9.17, 15) is 27.6 Å². The molecular weight excluding hydrogens is 535 g/mol. The van der Waals surface area contributed by atoms with Crippen molar-refractivity contribution in [3.8, 4) is 11.1 Å². The maximum absolute atomic E-state index is 14.2. The normalized spacial score (nSPS) is 13.2. The van der Waals surface area contributed by atoms with Crippen LogP contribution in [0.4, 0.5) is 24.5 Å². The van der Waals surface area contributed by atoms with Crippen LogP contribution in [0.3, 0.4) is 0 Å². The molecule has 0 saturated carbocycles. The van der Waals surface area contributed by atoms with E-state index in [1.807, 2.05) is 0 Å². The summed E-state index contributed by atoms with van der Waals surface area (Å²) in [5, 5.41) is 5.65. The standard InChI is InChI=1S/C30H24F3N5O3/c31-19-10-17(11-20(32)14-19)12-25(37-28(40)16-38-15-27(39)36-24-5-1-2-6-26(24)38)29-21(4-3-9-35-29)18-7-8-23(33)22(13-18)30(34)41/h1-11,13-14,25H,12,15-16H2,(H2,34,41)(H,36,39)(H,37,40). The Hall–Kier alpha value is -5.19. The van der Waals surface area contributed by atoms with Gasteiger partial charge in [-0.25, -0.2) is 13.2 Å². The van der Waals surface area contributed by atoms with Gasteiger partial charge in [-0.2, -0.15) is 0 Å². The second kappa shape index (κ2) is 11.5. The zero-order valence-electron chi connectivity index (χ0n) is 21.5. The molecule has 2 heterocycles. The maximum Gasteiger partial charge on any atom is 0.251 e. The Morgan fingerprint density at radius 3 is 2.51 bits per heavy atom. The summed E-state index contributed by atoms with van der Waals surface area (Å²) >= 11 is 0. The molecule has 3 aromatic carbocycles. The largest absolute Gasteiger partial charge is 0.366 e. The molecule has 1 aromatic heterocycles. The Bertz CT molecular complexity index is 1640. The van der Waals surface area contributed by atoms with E-state index in [-0.39, 0.29) is 36.5 Å². The van der Waals surface area contributed by atoms with Crippen LogP contribution >= 0.6 is 0 Å². The molecule has 0 fully saturated rings. The number of pyridine rings is 1. The number of benzene rings is 3. The molecule has 11 heteroatoms. The molecule has 1 atom stereocenters. The van der Waals surface area contributed by atoms with Crippen molar-refractivity contribution in [2.24, 2.45) is 5.73 Å². The predicted octanol–water partition coefficient (Wildman–Crippen LogP) is 4.12. The molecule has 0 aliphatic carbocycles. The number of nitrogens with two attached hydrogens (primary N) is 1. The van der Waals surface area contributed by atoms with Crippen LogP contribution in [0.5, 0.6) is 0 Å². The first-order chi connectivity index (χ1) is 19.7. The molecule has 0 spiro atoms. The van der Waals surface area contributed by atoms with Gasteiger partial charge in [0, 0.05) is 17.8 Å². The second-order valence-corrected chi connectivity index (χ2v) is 9.52. The zero-order chi connectivity index (χ0) is 29.1. The monoisotopic (exact) mass is 559 g/mol. The van der Waals surface area contributed by atoms with Gasteiger partial charge in [0.15, 0.2) is 0 Å². The van der Waals surface area contributed by atoms with Crippen LogP contribution in [-0.4, -0.2) is 35.8 Å². The third-order valence-corrected chi connectivity index (χ3v) is 6.60. The van der Waals surface area contributed by atoms with E-state index in [1.165, 1.54) is 18.3 Å². The first-order valence-electron chi connectivity index (χ1n) is 12.6. The van der Waals surface area contributed by atoms with Crippen molar-refractivity contribution in [2.45, 2.75) is 12.5 Å². The summed E-state index contributed by atoms with van der Waals surface area (Å²) in [6, 6.07) is 16.3. The molecule has 1 unspecified atom stereocenters. The van der Waals surface area contributed by atoms with Crippen molar-refractivity contribution in [1.29, 1.82) is 0 Å². The fraction of sp³-hybridized carbons (Fsp3) is 0.133. The molecule has 4 N–H and O–H groups in total. The number of nitrogens with one attached hydrogen (secondary N) is 2. The minimum absolute atomic E-state index is 0.0502. The molecule has 5 rings (SSSR count). The van der Waals surface area contributed by atoms with E-state index >= 15 is 0 Å². The average molecular weight is 560 g/mol. The number of hydrogen-bond donors (Lipinski definition) is 3. The fourth-order valence-electron chi connectivity index (χ4n) is 4.86. The summed E-state index contributed by atoms with van der Waals surface area (Å²) in [6.45, 7) is -0.243. The zero-order valence-corrected chi connectivity index (χ0v) is 21.5. The lowest BCUT2D eigenvalue weighted by molar-refractivity contribution is -0.120. The van der Waals surface area contributed by atoms with Gasteiger partial charge in [0.05, 0.1) is 41.8 Å². The van der Waals surface area contributed by atoms with Gasteiger partial charge in [0.1, 0.15) is 17.5 Å². The molecule has 0 saturated heterocycles. The highest BCUT2D eigenvalue weighted by molar-refractivity contribution is 6.02. The van der Waals surface area contributed by atoms with Crippen molar-refractivity contribution in [1.82, 2.24) is 10.3 Å². The number of carbonyl (C=O) groups excluding carboxylic acids is 3. The van der Waals surface area contributed by atoms with E-state index < -0.39 is 35.3 Å². The van der Waals surface area contributed by atoms with Crippen molar-refractivity contribution < 1.29 is 27.6 Å². The molecule has 0 bridgehead atoms. The van der Waals surface area contributed by atoms with Crippen molar-refractivity contribution in [2.75, 3.05) is 23.3 Å². The summed E-state index contributed by atoms with van der Waals surface area (Å²) in [5.41, 5.74) is 7.64. The van der Waals surface area contributed by atoms with Crippen LogP contribution in [0.2, 0.25) is 0 Å². The fourth-order valence-corrected chi connectivity index (χ4v) is 4.86. The molecular formula is C30H24F3N5O3. The summed E-state index contributed by atoms with van der Waals surface area (Å²) in [7, 11) is 0. The van der Waals surface area contributed by atoms with Crippen LogP contribution in [0.1, 0.15) is 27.7 Å². The summed E-state index contributed by atoms with van der Waals surface area (Å²) < 4.78 is 42.3. The van der Waals surface area contributed by atoms with Crippen LogP contribution in [-0.2, 0) is 16.0 Å². The van der Waals surface area contributed by atoms with Crippen LogP contribution in [0.25, 0.3) is 11.1 Å². The predicted molar refractivity (Wildman–Crippen MR) is 146 cm³/mol. The number of fused-ring (bicyclic) bond motifs is 1. The Morgan fingerprint density at radius 2 is 1.76 bits per heavy atom. The minimum Gasteiger partial charge on any atom is -0.366 e. The molecule has 0 radical (unpaired) electrons. The number of rotatable bonds is 8. The van der Waals surface area contributed by atoms with E-state index in [4.69, 9.17) is 5.73 Å². The highest BCUT2D eigenvalue weighted by Gasteiger charge is 2.26. The highest BCUT2D eigenvalue weighted by atomic mass is 19.1. The Labute approximate surface area is 233 Å². The third kappa shape index (κ3) is 6.19. The van der Waals surface area contributed by atoms with Gasteiger partial charge in [-0.15, -0.1) is 0 Å². The van der Waals surface area contributed by atoms with E-state index in [0.29, 0.717) is 28.2 Å². The number of amides is 3. The van der Waals surface area contributed by atoms with Crippen molar-refractivity contribution in [3.05, 3.63) is 113 Å². The smallest absolute Gasteiger partial charge is 0.251 e. The number of aromatic nitrogens is 1. The third-order valence-electron chi connectivity index (χ3n) is 6.60. The number of halogens is 3. The average Bonchev–Trinajstić information content (AvgIpc) is 2.92. The molecule has 4 aromatic rings. The molecule has 1 aliphatic rings. The number of primary amides is 1. The Kier molecular flexibility index (Phi) is 7.68. The number of carbonyl (C=O) groups is 3. The Balaban J connectivity index is 1.51. The number of anilines is 2. The van der Waals surface area contributed by atoms with Gasteiger partial charge >= 0.3 is 0 Å². The summed E-state index contributed by atoms with van der Waals surface area (Å²) in [5.74, 6) is -4.08. The molecule has 41 heavy (non-hydrogen) atoms. The SMILES string of the molecule is NC(=O)c1cc(-c2cccnc2C(Cc2cc(F)cc(F)c2)NC(=O)CN2CC(=O)Nc3ccccc32)ccc1F. The quantitative estimate of drug-likeness (QED) is 0.300. The number of hydrogen-bond acceptors (Lipinski definition) is 5. The van der Waals surface area contributed by atoms with Gasteiger partial charge in [0.25, 0.3) is 5.91 Å². The highest BCUT2D eigenvalue weighted by Crippen LogP contribution is 2.31. The minimum atomic E-state index is -0.958. The van der Waals surface area contributed by atoms with Crippen LogP contribution in [0, 0.1) is 17.5 Å². The van der Waals surface area contributed by atoms with Gasteiger partial charge in [-0.1, -0.05) is 24.3 Å². The van der Waals surface area contributed by atoms with Crippen molar-refractivity contribution in [3.63, 3.8) is 0 Å². The van der Waals surface area contributed by atoms with Crippen LogP contribution < -0.4 is 21.3 Å². The van der Waals surface area contributed by atoms with Gasteiger partial charge < -0.3 is 21.3 Å². The van der Waals surface area contributed by atoms with Gasteiger partial charge in [0.2, 0.25) is 11.8 Å². The number of nitrogens with zero attached hydrogens (tertiary/aromatic N) is 2. The Morgan fingerprint density at radius 1 is 1.00 bits per heavy atom. The van der Waals surface area contributed by atoms with E-state index in [1.54, 1.807) is 41.3 Å². The summed E-state index contributed by atoms with van der Waals surface area (Å²) in [4.78, 5) is 43.5. The second-order valence-electron chi connectivity index (χ2n) is 9.52. The first kappa shape index (κ1) is 27.4. The van der Waals surface area contributed by atoms with E-state index in [2.05, 4.69) is 15.6 Å². The lowest BCUT2D eigenvalue weighted by atomic mass is 9.94. The lowest BCUT2D eigenvalue weighted by Crippen LogP contribution is -2.45. The first-order valence-corrected chi connectivity index (χ1v) is 12.6. The molecule has 3 amide bonds. The van der Waals surface area contributed by atoms with Gasteiger partial charge in [-0.3, -0.25) is 19.4 Å². The molecule has 208 valence electrons.